The lowest BCUT2D eigenvalue weighted by Gasteiger charge is -2.23. The summed E-state index contributed by atoms with van der Waals surface area (Å²) in [5.74, 6) is -0.136. The summed E-state index contributed by atoms with van der Waals surface area (Å²) >= 11 is 0. The fraction of sp³-hybridized carbons (Fsp3) is 0.417. The minimum atomic E-state index is -0.886. The molecule has 5 nitrogen and oxygen atoms in total. The molecule has 0 aliphatic heterocycles. The minimum Gasteiger partial charge on any atom is -0.497 e. The standard InChI is InChI=1S/C12H18N2O3/c1-13-10(11(14-2)12(15)16)8-4-6-9(17-3)7-5-8/h4-7,10-11,13-14H,1-3H3,(H,15,16). The van der Waals surface area contributed by atoms with Gasteiger partial charge in [-0.2, -0.15) is 0 Å². The predicted molar refractivity (Wildman–Crippen MR) is 65.3 cm³/mol. The van der Waals surface area contributed by atoms with Crippen molar-refractivity contribution >= 4 is 5.97 Å². The Labute approximate surface area is 101 Å². The number of carbonyl (C=O) groups is 1. The molecule has 0 aromatic heterocycles. The number of aliphatic carboxylic acids is 1. The highest BCUT2D eigenvalue weighted by Gasteiger charge is 2.26. The van der Waals surface area contributed by atoms with Crippen LogP contribution < -0.4 is 15.4 Å². The molecule has 2 unspecified atom stereocenters. The fourth-order valence-corrected chi connectivity index (χ4v) is 1.77. The lowest BCUT2D eigenvalue weighted by atomic mass is 9.99. The SMILES string of the molecule is CNC(C(=O)O)C(NC)c1ccc(OC)cc1. The number of likely N-dealkylation sites (N-methyl/N-ethyl adjacent to an activating group) is 2. The van der Waals surface area contributed by atoms with E-state index in [-0.39, 0.29) is 6.04 Å². The summed E-state index contributed by atoms with van der Waals surface area (Å²) in [6.07, 6.45) is 0. The van der Waals surface area contributed by atoms with Crippen molar-refractivity contribution in [2.75, 3.05) is 21.2 Å². The average molecular weight is 238 g/mol. The molecule has 0 aliphatic rings. The quantitative estimate of drug-likeness (QED) is 0.678. The summed E-state index contributed by atoms with van der Waals surface area (Å²) in [6, 6.07) is 6.38. The average Bonchev–Trinajstić information content (AvgIpc) is 2.35. The van der Waals surface area contributed by atoms with Crippen molar-refractivity contribution in [3.63, 3.8) is 0 Å². The van der Waals surface area contributed by atoms with Crippen molar-refractivity contribution in [1.29, 1.82) is 0 Å². The highest BCUT2D eigenvalue weighted by molar-refractivity contribution is 5.74. The first-order valence-electron chi connectivity index (χ1n) is 5.35. The molecule has 0 spiro atoms. The van der Waals surface area contributed by atoms with Gasteiger partial charge in [0, 0.05) is 0 Å². The Morgan fingerprint density at radius 3 is 2.18 bits per heavy atom. The van der Waals surface area contributed by atoms with E-state index in [4.69, 9.17) is 9.84 Å². The Balaban J connectivity index is 2.95. The Morgan fingerprint density at radius 2 is 1.82 bits per heavy atom. The van der Waals surface area contributed by atoms with Gasteiger partial charge in [0.25, 0.3) is 0 Å². The third-order valence-corrected chi connectivity index (χ3v) is 2.70. The summed E-state index contributed by atoms with van der Waals surface area (Å²) in [5.41, 5.74) is 0.898. The van der Waals surface area contributed by atoms with E-state index >= 15 is 0 Å². The highest BCUT2D eigenvalue weighted by Crippen LogP contribution is 2.20. The molecule has 1 aromatic rings. The van der Waals surface area contributed by atoms with Crippen molar-refractivity contribution < 1.29 is 14.6 Å². The smallest absolute Gasteiger partial charge is 0.322 e. The second-order valence-electron chi connectivity index (χ2n) is 3.64. The lowest BCUT2D eigenvalue weighted by Crippen LogP contribution is -2.44. The van der Waals surface area contributed by atoms with Crippen LogP contribution in [0.1, 0.15) is 11.6 Å². The van der Waals surface area contributed by atoms with Crippen LogP contribution in [0.2, 0.25) is 0 Å². The molecule has 1 rings (SSSR count). The first-order chi connectivity index (χ1) is 8.13. The predicted octanol–water partition coefficient (Wildman–Crippen LogP) is 0.628. The molecule has 0 amide bonds. The Morgan fingerprint density at radius 1 is 1.24 bits per heavy atom. The number of ether oxygens (including phenoxy) is 1. The van der Waals surface area contributed by atoms with Gasteiger partial charge >= 0.3 is 5.97 Å². The number of carboxylic acid groups (broad SMARTS) is 1. The number of methoxy groups -OCH3 is 1. The van der Waals surface area contributed by atoms with Gasteiger partial charge in [-0.05, 0) is 31.8 Å². The molecule has 94 valence electrons. The number of rotatable bonds is 6. The highest BCUT2D eigenvalue weighted by atomic mass is 16.5. The molecule has 0 bridgehead atoms. The summed E-state index contributed by atoms with van der Waals surface area (Å²) in [4.78, 5) is 11.1. The molecule has 3 N–H and O–H groups in total. The van der Waals surface area contributed by atoms with E-state index in [0.717, 1.165) is 11.3 Å². The molecule has 0 fully saturated rings. The number of hydrogen-bond acceptors (Lipinski definition) is 4. The van der Waals surface area contributed by atoms with Crippen molar-refractivity contribution in [2.24, 2.45) is 0 Å². The molecule has 5 heteroatoms. The van der Waals surface area contributed by atoms with E-state index in [1.807, 2.05) is 24.3 Å². The molecule has 0 saturated heterocycles. The summed E-state index contributed by atoms with van der Waals surface area (Å²) < 4.78 is 5.06. The van der Waals surface area contributed by atoms with Crippen LogP contribution in [0.5, 0.6) is 5.75 Å². The van der Waals surface area contributed by atoms with Gasteiger partial charge < -0.3 is 20.5 Å². The maximum absolute atomic E-state index is 11.1. The largest absolute Gasteiger partial charge is 0.497 e. The molecule has 0 aliphatic carbocycles. The zero-order valence-electron chi connectivity index (χ0n) is 10.2. The zero-order chi connectivity index (χ0) is 12.8. The van der Waals surface area contributed by atoms with E-state index in [9.17, 15) is 4.79 Å². The first kappa shape index (κ1) is 13.5. The Hall–Kier alpha value is -1.59. The molecule has 0 saturated carbocycles. The van der Waals surface area contributed by atoms with Crippen LogP contribution in [0, 0.1) is 0 Å². The van der Waals surface area contributed by atoms with E-state index in [2.05, 4.69) is 10.6 Å². The van der Waals surface area contributed by atoms with Crippen LogP contribution in [0.15, 0.2) is 24.3 Å². The maximum atomic E-state index is 11.1. The molecule has 0 heterocycles. The number of hydrogen-bond donors (Lipinski definition) is 3. The number of nitrogens with one attached hydrogen (secondary N) is 2. The van der Waals surface area contributed by atoms with Gasteiger partial charge in [-0.1, -0.05) is 12.1 Å². The number of carboxylic acids is 1. The van der Waals surface area contributed by atoms with E-state index in [0.29, 0.717) is 0 Å². The van der Waals surface area contributed by atoms with Crippen LogP contribution in [-0.4, -0.2) is 38.3 Å². The van der Waals surface area contributed by atoms with E-state index in [1.54, 1.807) is 21.2 Å². The van der Waals surface area contributed by atoms with Crippen molar-refractivity contribution in [1.82, 2.24) is 10.6 Å². The summed E-state index contributed by atoms with van der Waals surface area (Å²) in [5, 5.41) is 14.9. The van der Waals surface area contributed by atoms with Crippen LogP contribution >= 0.6 is 0 Å². The molecular weight excluding hydrogens is 220 g/mol. The first-order valence-corrected chi connectivity index (χ1v) is 5.35. The van der Waals surface area contributed by atoms with Gasteiger partial charge in [0.2, 0.25) is 0 Å². The third-order valence-electron chi connectivity index (χ3n) is 2.70. The molecule has 0 radical (unpaired) electrons. The second kappa shape index (κ2) is 6.22. The maximum Gasteiger partial charge on any atom is 0.322 e. The van der Waals surface area contributed by atoms with Crippen LogP contribution in [0.4, 0.5) is 0 Å². The molecule has 17 heavy (non-hydrogen) atoms. The third kappa shape index (κ3) is 3.18. The second-order valence-corrected chi connectivity index (χ2v) is 3.64. The minimum absolute atomic E-state index is 0.289. The fourth-order valence-electron chi connectivity index (χ4n) is 1.77. The summed E-state index contributed by atoms with van der Waals surface area (Å²) in [7, 11) is 4.97. The normalized spacial score (nSPS) is 14.1. The summed E-state index contributed by atoms with van der Waals surface area (Å²) in [6.45, 7) is 0. The van der Waals surface area contributed by atoms with Gasteiger partial charge in [-0.3, -0.25) is 4.79 Å². The Bertz CT molecular complexity index is 365. The van der Waals surface area contributed by atoms with Gasteiger partial charge in [-0.15, -0.1) is 0 Å². The lowest BCUT2D eigenvalue weighted by molar-refractivity contribution is -0.140. The molecule has 1 aromatic carbocycles. The molecular formula is C12H18N2O3. The molecule has 2 atom stereocenters. The van der Waals surface area contributed by atoms with Crippen LogP contribution in [0.25, 0.3) is 0 Å². The van der Waals surface area contributed by atoms with Crippen molar-refractivity contribution in [3.8, 4) is 5.75 Å². The van der Waals surface area contributed by atoms with E-state index in [1.165, 1.54) is 0 Å². The van der Waals surface area contributed by atoms with Gasteiger partial charge in [0.05, 0.1) is 13.2 Å². The number of benzene rings is 1. The van der Waals surface area contributed by atoms with Crippen molar-refractivity contribution in [3.05, 3.63) is 29.8 Å². The zero-order valence-corrected chi connectivity index (χ0v) is 10.2. The van der Waals surface area contributed by atoms with Crippen LogP contribution in [-0.2, 0) is 4.79 Å². The Kier molecular flexibility index (Phi) is 4.93. The monoisotopic (exact) mass is 238 g/mol. The van der Waals surface area contributed by atoms with Gasteiger partial charge in [0.1, 0.15) is 11.8 Å². The van der Waals surface area contributed by atoms with Gasteiger partial charge in [0.15, 0.2) is 0 Å². The van der Waals surface area contributed by atoms with Crippen molar-refractivity contribution in [2.45, 2.75) is 12.1 Å². The van der Waals surface area contributed by atoms with Gasteiger partial charge in [-0.25, -0.2) is 0 Å². The van der Waals surface area contributed by atoms with Crippen LogP contribution in [0.3, 0.4) is 0 Å². The topological polar surface area (TPSA) is 70.6 Å². The van der Waals surface area contributed by atoms with E-state index < -0.39 is 12.0 Å².